The molecule has 0 bridgehead atoms. The van der Waals surface area contributed by atoms with Crippen molar-refractivity contribution in [1.29, 1.82) is 0 Å². The normalized spacial score (nSPS) is 9.26. The maximum atomic E-state index is 2.25. The second-order valence-corrected chi connectivity index (χ2v) is 4.29. The highest BCUT2D eigenvalue weighted by atomic mass is 79.9. The van der Waals surface area contributed by atoms with Crippen LogP contribution in [0.3, 0.4) is 0 Å². The van der Waals surface area contributed by atoms with E-state index in [1.165, 1.54) is 19.3 Å². The second-order valence-electron chi connectivity index (χ2n) is 4.29. The molecule has 0 aliphatic carbocycles. The molecule has 104 valence electrons. The van der Waals surface area contributed by atoms with Gasteiger partial charge in [0, 0.05) is 37.1 Å². The van der Waals surface area contributed by atoms with Crippen molar-refractivity contribution in [2.45, 2.75) is 32.4 Å². The van der Waals surface area contributed by atoms with Crippen LogP contribution in [0.1, 0.15) is 19.3 Å². The highest BCUT2D eigenvalue weighted by Gasteiger charge is 2.00. The topological polar surface area (TPSA) is 7.76 Å². The molecule has 0 saturated carbocycles. The number of nitrogens with zero attached hydrogens (tertiary/aromatic N) is 2. The van der Waals surface area contributed by atoms with E-state index in [4.69, 9.17) is 0 Å². The van der Waals surface area contributed by atoms with Crippen LogP contribution in [0.15, 0.2) is 61.2 Å². The molecule has 0 amide bonds. The summed E-state index contributed by atoms with van der Waals surface area (Å²) in [4.78, 5) is 0. The average Bonchev–Trinajstić information content (AvgIpc) is 2.41. The summed E-state index contributed by atoms with van der Waals surface area (Å²) in [6.45, 7) is 2.25. The summed E-state index contributed by atoms with van der Waals surface area (Å²) in [6, 6.07) is 12.4. The number of pyridine rings is 2. The Morgan fingerprint density at radius 3 is 1.21 bits per heavy atom. The van der Waals surface area contributed by atoms with Gasteiger partial charge in [-0.05, 0) is 6.42 Å². The van der Waals surface area contributed by atoms with Gasteiger partial charge in [-0.2, -0.15) is 0 Å². The van der Waals surface area contributed by atoms with E-state index >= 15 is 0 Å². The molecule has 0 aromatic carbocycles. The summed E-state index contributed by atoms with van der Waals surface area (Å²) >= 11 is 0. The minimum Gasteiger partial charge on any atom is -1.00 e. The van der Waals surface area contributed by atoms with Crippen molar-refractivity contribution in [3.8, 4) is 0 Å². The van der Waals surface area contributed by atoms with Crippen LogP contribution in [0.4, 0.5) is 0 Å². The zero-order valence-electron chi connectivity index (χ0n) is 11.0. The zero-order chi connectivity index (χ0) is 11.8. The molecule has 2 nitrogen and oxygen atoms in total. The summed E-state index contributed by atoms with van der Waals surface area (Å²) in [5, 5.41) is 0. The quantitative estimate of drug-likeness (QED) is 0.354. The van der Waals surface area contributed by atoms with Gasteiger partial charge in [-0.1, -0.05) is 12.1 Å². The third kappa shape index (κ3) is 7.43. The SMILES string of the molecule is [Br-].[Br-].c1cc[n+](CCCCC[n+]2ccccc2)cc1. The Labute approximate surface area is 136 Å². The molecule has 0 saturated heterocycles. The van der Waals surface area contributed by atoms with E-state index in [2.05, 4.69) is 70.3 Å². The lowest BCUT2D eigenvalue weighted by molar-refractivity contribution is -0.701. The van der Waals surface area contributed by atoms with Crippen molar-refractivity contribution >= 4 is 0 Å². The van der Waals surface area contributed by atoms with Crippen LogP contribution in [0.25, 0.3) is 0 Å². The third-order valence-corrected chi connectivity index (χ3v) is 2.89. The van der Waals surface area contributed by atoms with Crippen LogP contribution >= 0.6 is 0 Å². The Morgan fingerprint density at radius 1 is 0.474 bits per heavy atom. The molecule has 2 rings (SSSR count). The fraction of sp³-hybridized carbons (Fsp3) is 0.333. The smallest absolute Gasteiger partial charge is 0.168 e. The molecule has 0 fully saturated rings. The molecular weight excluding hydrogens is 368 g/mol. The first-order valence-electron chi connectivity index (χ1n) is 6.33. The summed E-state index contributed by atoms with van der Waals surface area (Å²) in [5.74, 6) is 0. The van der Waals surface area contributed by atoms with E-state index in [1.807, 2.05) is 0 Å². The minimum atomic E-state index is 0. The van der Waals surface area contributed by atoms with Gasteiger partial charge in [0.25, 0.3) is 0 Å². The molecule has 0 N–H and O–H groups in total. The molecule has 4 heteroatoms. The van der Waals surface area contributed by atoms with Gasteiger partial charge in [0.05, 0.1) is 0 Å². The standard InChI is InChI=1S/C15H20N2.2BrH/c1-4-10-16(11-5-1)14-8-3-9-15-17-12-6-2-7-13-17;;/h1-2,4-7,10-13H,3,8-9,14-15H2;2*1H/q+2;;/p-2. The number of hydrogen-bond donors (Lipinski definition) is 0. The van der Waals surface area contributed by atoms with Gasteiger partial charge in [-0.25, -0.2) is 9.13 Å². The predicted molar refractivity (Wildman–Crippen MR) is 67.1 cm³/mol. The Hall–Kier alpha value is -0.740. The molecular formula is C15H20Br2N2. The molecule has 0 aliphatic heterocycles. The van der Waals surface area contributed by atoms with Gasteiger partial charge in [0.15, 0.2) is 24.8 Å². The molecule has 19 heavy (non-hydrogen) atoms. The summed E-state index contributed by atoms with van der Waals surface area (Å²) in [6.07, 6.45) is 12.3. The third-order valence-electron chi connectivity index (χ3n) is 2.89. The Morgan fingerprint density at radius 2 is 0.842 bits per heavy atom. The van der Waals surface area contributed by atoms with E-state index in [9.17, 15) is 0 Å². The van der Waals surface area contributed by atoms with Crippen LogP contribution in [0.5, 0.6) is 0 Å². The summed E-state index contributed by atoms with van der Waals surface area (Å²) in [5.41, 5.74) is 0. The van der Waals surface area contributed by atoms with Crippen molar-refractivity contribution < 1.29 is 43.1 Å². The first-order valence-corrected chi connectivity index (χ1v) is 6.33. The molecule has 0 aliphatic rings. The maximum Gasteiger partial charge on any atom is 0.168 e. The van der Waals surface area contributed by atoms with Crippen LogP contribution in [-0.2, 0) is 13.1 Å². The number of aromatic nitrogens is 2. The fourth-order valence-electron chi connectivity index (χ4n) is 1.93. The highest BCUT2D eigenvalue weighted by Crippen LogP contribution is 1.95. The van der Waals surface area contributed by atoms with Crippen molar-refractivity contribution in [2.24, 2.45) is 0 Å². The molecule has 2 aromatic heterocycles. The van der Waals surface area contributed by atoms with Gasteiger partial charge < -0.3 is 34.0 Å². The van der Waals surface area contributed by atoms with Crippen molar-refractivity contribution in [3.05, 3.63) is 61.2 Å². The summed E-state index contributed by atoms with van der Waals surface area (Å²) < 4.78 is 4.49. The lowest BCUT2D eigenvalue weighted by Gasteiger charge is -1.97. The van der Waals surface area contributed by atoms with Crippen molar-refractivity contribution in [1.82, 2.24) is 0 Å². The molecule has 0 radical (unpaired) electrons. The monoisotopic (exact) mass is 386 g/mol. The number of halogens is 2. The van der Waals surface area contributed by atoms with E-state index in [-0.39, 0.29) is 34.0 Å². The first-order chi connectivity index (χ1) is 8.45. The van der Waals surface area contributed by atoms with Crippen LogP contribution in [0, 0.1) is 0 Å². The Balaban J connectivity index is 0.00000162. The van der Waals surface area contributed by atoms with E-state index < -0.39 is 0 Å². The van der Waals surface area contributed by atoms with E-state index in [1.54, 1.807) is 0 Å². The number of hydrogen-bond acceptors (Lipinski definition) is 0. The van der Waals surface area contributed by atoms with Crippen molar-refractivity contribution in [2.75, 3.05) is 0 Å². The molecule has 0 unspecified atom stereocenters. The number of aryl methyl sites for hydroxylation is 2. The van der Waals surface area contributed by atoms with Gasteiger partial charge in [0.2, 0.25) is 0 Å². The molecule has 2 aromatic rings. The van der Waals surface area contributed by atoms with Gasteiger partial charge in [0.1, 0.15) is 13.1 Å². The highest BCUT2D eigenvalue weighted by molar-refractivity contribution is 4.84. The Kier molecular flexibility index (Phi) is 10.7. The lowest BCUT2D eigenvalue weighted by Crippen LogP contribution is -3.00. The summed E-state index contributed by atoms with van der Waals surface area (Å²) in [7, 11) is 0. The minimum absolute atomic E-state index is 0. The van der Waals surface area contributed by atoms with Crippen molar-refractivity contribution in [3.63, 3.8) is 0 Å². The average molecular weight is 388 g/mol. The predicted octanol–water partition coefficient (Wildman–Crippen LogP) is -3.86. The lowest BCUT2D eigenvalue weighted by atomic mass is 10.2. The Bertz CT molecular complexity index is 379. The van der Waals surface area contributed by atoms with E-state index in [0.29, 0.717) is 0 Å². The van der Waals surface area contributed by atoms with Crippen LogP contribution < -0.4 is 43.1 Å². The fourth-order valence-corrected chi connectivity index (χ4v) is 1.93. The molecule has 0 spiro atoms. The van der Waals surface area contributed by atoms with Gasteiger partial charge >= 0.3 is 0 Å². The number of rotatable bonds is 6. The van der Waals surface area contributed by atoms with Crippen LogP contribution in [-0.4, -0.2) is 0 Å². The van der Waals surface area contributed by atoms with Crippen LogP contribution in [0.2, 0.25) is 0 Å². The zero-order valence-corrected chi connectivity index (χ0v) is 14.1. The first kappa shape index (κ1) is 18.3. The largest absolute Gasteiger partial charge is 1.00 e. The van der Waals surface area contributed by atoms with Gasteiger partial charge in [-0.15, -0.1) is 0 Å². The number of unbranched alkanes of at least 4 members (excludes halogenated alkanes) is 2. The molecule has 2 heterocycles. The second kappa shape index (κ2) is 11.1. The molecule has 0 atom stereocenters. The van der Waals surface area contributed by atoms with Gasteiger partial charge in [-0.3, -0.25) is 0 Å². The van der Waals surface area contributed by atoms with E-state index in [0.717, 1.165) is 13.1 Å². The maximum absolute atomic E-state index is 2.25.